The Labute approximate surface area is 153 Å². The average molecular weight is 374 g/mol. The predicted octanol–water partition coefficient (Wildman–Crippen LogP) is 2.92. The Kier molecular flexibility index (Phi) is 5.84. The molecule has 0 heterocycles. The number of aryl methyl sites for hydroxylation is 2. The molecule has 0 saturated heterocycles. The zero-order chi connectivity index (χ0) is 19.5. The molecule has 6 nitrogen and oxygen atoms in total. The summed E-state index contributed by atoms with van der Waals surface area (Å²) >= 11 is 0. The SMILES string of the molecule is COc1ccc(C)cc1/C=C/C(=O)Nc1cc(S(N)(=O)=O)cc(C)c1C. The molecule has 0 bridgehead atoms. The van der Waals surface area contributed by atoms with E-state index in [0.29, 0.717) is 11.4 Å². The number of hydrogen-bond donors (Lipinski definition) is 2. The Bertz CT molecular complexity index is 979. The van der Waals surface area contributed by atoms with Gasteiger partial charge in [0.2, 0.25) is 15.9 Å². The van der Waals surface area contributed by atoms with E-state index in [4.69, 9.17) is 9.88 Å². The fourth-order valence-corrected chi connectivity index (χ4v) is 3.07. The fraction of sp³-hybridized carbons (Fsp3) is 0.211. The average Bonchev–Trinajstić information content (AvgIpc) is 2.56. The molecule has 0 fully saturated rings. The van der Waals surface area contributed by atoms with Gasteiger partial charge in [-0.05, 0) is 62.2 Å². The van der Waals surface area contributed by atoms with Crippen LogP contribution in [0.4, 0.5) is 5.69 Å². The first kappa shape index (κ1) is 19.7. The highest BCUT2D eigenvalue weighted by Crippen LogP contribution is 2.24. The number of benzene rings is 2. The van der Waals surface area contributed by atoms with Gasteiger partial charge in [0, 0.05) is 17.3 Å². The second-order valence-electron chi connectivity index (χ2n) is 6.03. The maximum absolute atomic E-state index is 12.3. The zero-order valence-electron chi connectivity index (χ0n) is 15.2. The van der Waals surface area contributed by atoms with Gasteiger partial charge in [-0.2, -0.15) is 0 Å². The van der Waals surface area contributed by atoms with Gasteiger partial charge in [0.05, 0.1) is 12.0 Å². The number of carbonyl (C=O) groups is 1. The second kappa shape index (κ2) is 7.72. The van der Waals surface area contributed by atoms with Crippen molar-refractivity contribution < 1.29 is 17.9 Å². The molecule has 2 aromatic rings. The smallest absolute Gasteiger partial charge is 0.248 e. The normalized spacial score (nSPS) is 11.6. The summed E-state index contributed by atoms with van der Waals surface area (Å²) in [5.41, 5.74) is 3.70. The van der Waals surface area contributed by atoms with Crippen LogP contribution in [0.2, 0.25) is 0 Å². The third kappa shape index (κ3) is 4.71. The summed E-state index contributed by atoms with van der Waals surface area (Å²) in [5.74, 6) is 0.269. The number of rotatable bonds is 5. The molecule has 2 aromatic carbocycles. The van der Waals surface area contributed by atoms with Gasteiger partial charge in [0.1, 0.15) is 5.75 Å². The third-order valence-corrected chi connectivity index (χ3v) is 4.92. The molecule has 0 unspecified atom stereocenters. The Balaban J connectivity index is 2.28. The standard InChI is InChI=1S/C19H22N2O4S/c1-12-5-7-18(25-4)15(9-12)6-8-19(22)21-17-11-16(26(20,23)24)10-13(2)14(17)3/h5-11H,1-4H3,(H,21,22)(H2,20,23,24)/b8-6+. The molecule has 26 heavy (non-hydrogen) atoms. The summed E-state index contributed by atoms with van der Waals surface area (Å²) in [7, 11) is -2.29. The Morgan fingerprint density at radius 1 is 1.15 bits per heavy atom. The van der Waals surface area contributed by atoms with E-state index in [-0.39, 0.29) is 10.8 Å². The van der Waals surface area contributed by atoms with Crippen molar-refractivity contribution in [2.75, 3.05) is 12.4 Å². The molecule has 0 aliphatic rings. The number of ether oxygens (including phenoxy) is 1. The molecular formula is C19H22N2O4S. The van der Waals surface area contributed by atoms with E-state index >= 15 is 0 Å². The summed E-state index contributed by atoms with van der Waals surface area (Å²) < 4.78 is 28.4. The van der Waals surface area contributed by atoms with Gasteiger partial charge in [-0.3, -0.25) is 4.79 Å². The molecule has 0 saturated carbocycles. The lowest BCUT2D eigenvalue weighted by Gasteiger charge is -2.11. The van der Waals surface area contributed by atoms with Crippen LogP contribution < -0.4 is 15.2 Å². The monoisotopic (exact) mass is 374 g/mol. The predicted molar refractivity (Wildman–Crippen MR) is 103 cm³/mol. The number of anilines is 1. The highest BCUT2D eigenvalue weighted by Gasteiger charge is 2.13. The summed E-state index contributed by atoms with van der Waals surface area (Å²) in [6, 6.07) is 8.49. The molecule has 0 spiro atoms. The largest absolute Gasteiger partial charge is 0.496 e. The van der Waals surface area contributed by atoms with E-state index in [0.717, 1.165) is 22.3 Å². The molecule has 0 atom stereocenters. The Morgan fingerprint density at radius 2 is 1.85 bits per heavy atom. The van der Waals surface area contributed by atoms with E-state index in [1.54, 1.807) is 27.0 Å². The van der Waals surface area contributed by atoms with Crippen LogP contribution in [0.1, 0.15) is 22.3 Å². The van der Waals surface area contributed by atoms with Crippen molar-refractivity contribution in [3.63, 3.8) is 0 Å². The van der Waals surface area contributed by atoms with Crippen LogP contribution in [0, 0.1) is 20.8 Å². The highest BCUT2D eigenvalue weighted by molar-refractivity contribution is 7.89. The van der Waals surface area contributed by atoms with E-state index in [9.17, 15) is 13.2 Å². The van der Waals surface area contributed by atoms with Crippen molar-refractivity contribution in [1.29, 1.82) is 0 Å². The van der Waals surface area contributed by atoms with Crippen LogP contribution in [0.5, 0.6) is 5.75 Å². The van der Waals surface area contributed by atoms with Gasteiger partial charge in [0.15, 0.2) is 0 Å². The van der Waals surface area contributed by atoms with Crippen LogP contribution in [0.15, 0.2) is 41.3 Å². The number of primary sulfonamides is 1. The number of amides is 1. The van der Waals surface area contributed by atoms with Crippen LogP contribution in [0.3, 0.4) is 0 Å². The molecule has 0 radical (unpaired) electrons. The molecule has 0 aliphatic heterocycles. The molecule has 3 N–H and O–H groups in total. The van der Waals surface area contributed by atoms with Gasteiger partial charge >= 0.3 is 0 Å². The van der Waals surface area contributed by atoms with Crippen LogP contribution in [-0.2, 0) is 14.8 Å². The zero-order valence-corrected chi connectivity index (χ0v) is 16.0. The Hall–Kier alpha value is -2.64. The number of nitrogens with one attached hydrogen (secondary N) is 1. The lowest BCUT2D eigenvalue weighted by Crippen LogP contribution is -2.15. The number of hydrogen-bond acceptors (Lipinski definition) is 4. The van der Waals surface area contributed by atoms with Gasteiger partial charge in [-0.25, -0.2) is 13.6 Å². The van der Waals surface area contributed by atoms with E-state index in [1.165, 1.54) is 18.2 Å². The van der Waals surface area contributed by atoms with Crippen LogP contribution >= 0.6 is 0 Å². The van der Waals surface area contributed by atoms with Crippen molar-refractivity contribution >= 4 is 27.7 Å². The maximum atomic E-state index is 12.3. The summed E-state index contributed by atoms with van der Waals surface area (Å²) in [6.07, 6.45) is 3.02. The Morgan fingerprint density at radius 3 is 2.46 bits per heavy atom. The summed E-state index contributed by atoms with van der Waals surface area (Å²) in [6.45, 7) is 5.50. The minimum absolute atomic E-state index is 0.0415. The highest BCUT2D eigenvalue weighted by atomic mass is 32.2. The molecule has 138 valence electrons. The molecule has 2 rings (SSSR count). The number of sulfonamides is 1. The third-order valence-electron chi connectivity index (χ3n) is 4.03. The van der Waals surface area contributed by atoms with Crippen LogP contribution in [-0.4, -0.2) is 21.4 Å². The quantitative estimate of drug-likeness (QED) is 0.786. The maximum Gasteiger partial charge on any atom is 0.248 e. The summed E-state index contributed by atoms with van der Waals surface area (Å²) in [5, 5.41) is 7.89. The molecular weight excluding hydrogens is 352 g/mol. The first-order valence-electron chi connectivity index (χ1n) is 7.89. The van der Waals surface area contributed by atoms with Gasteiger partial charge in [-0.1, -0.05) is 11.6 Å². The first-order valence-corrected chi connectivity index (χ1v) is 9.44. The topological polar surface area (TPSA) is 98.5 Å². The molecule has 0 aliphatic carbocycles. The number of methoxy groups -OCH3 is 1. The van der Waals surface area contributed by atoms with E-state index in [1.807, 2.05) is 25.1 Å². The van der Waals surface area contributed by atoms with Crippen molar-refractivity contribution in [2.45, 2.75) is 25.7 Å². The van der Waals surface area contributed by atoms with E-state index in [2.05, 4.69) is 5.32 Å². The van der Waals surface area contributed by atoms with E-state index < -0.39 is 10.0 Å². The summed E-state index contributed by atoms with van der Waals surface area (Å²) in [4.78, 5) is 12.2. The van der Waals surface area contributed by atoms with Crippen molar-refractivity contribution in [1.82, 2.24) is 0 Å². The fourth-order valence-electron chi connectivity index (χ4n) is 2.44. The van der Waals surface area contributed by atoms with Gasteiger partial charge in [-0.15, -0.1) is 0 Å². The molecule has 1 amide bonds. The van der Waals surface area contributed by atoms with Gasteiger partial charge in [0.25, 0.3) is 0 Å². The van der Waals surface area contributed by atoms with Crippen molar-refractivity contribution in [3.8, 4) is 5.75 Å². The minimum Gasteiger partial charge on any atom is -0.496 e. The lowest BCUT2D eigenvalue weighted by atomic mass is 10.1. The van der Waals surface area contributed by atoms with Gasteiger partial charge < -0.3 is 10.1 Å². The lowest BCUT2D eigenvalue weighted by molar-refractivity contribution is -0.111. The van der Waals surface area contributed by atoms with Crippen molar-refractivity contribution in [2.24, 2.45) is 5.14 Å². The number of carbonyl (C=O) groups excluding carboxylic acids is 1. The second-order valence-corrected chi connectivity index (χ2v) is 7.59. The van der Waals surface area contributed by atoms with Crippen LogP contribution in [0.25, 0.3) is 6.08 Å². The number of nitrogens with two attached hydrogens (primary N) is 1. The minimum atomic E-state index is -3.86. The van der Waals surface area contributed by atoms with Crippen molar-refractivity contribution in [3.05, 3.63) is 58.7 Å². The molecule has 0 aromatic heterocycles. The first-order chi connectivity index (χ1) is 12.1. The molecule has 7 heteroatoms.